The molecule has 3 heterocycles. The van der Waals surface area contributed by atoms with Gasteiger partial charge >= 0.3 is 0 Å². The molecule has 0 unspecified atom stereocenters. The highest BCUT2D eigenvalue weighted by Gasteiger charge is 2.53. The van der Waals surface area contributed by atoms with Crippen molar-refractivity contribution in [1.29, 1.82) is 0 Å². The van der Waals surface area contributed by atoms with Crippen molar-refractivity contribution in [2.45, 2.75) is 155 Å². The topological polar surface area (TPSA) is 19.6 Å². The summed E-state index contributed by atoms with van der Waals surface area (Å²) in [7, 11) is 0. The van der Waals surface area contributed by atoms with Gasteiger partial charge in [-0.15, -0.1) is 0 Å². The normalized spacial score (nSPS) is 19.8. The van der Waals surface area contributed by atoms with E-state index in [1.807, 2.05) is 0 Å². The van der Waals surface area contributed by atoms with Gasteiger partial charge in [-0.3, -0.25) is 0 Å². The van der Waals surface area contributed by atoms with Crippen LogP contribution in [0.3, 0.4) is 0 Å². The van der Waals surface area contributed by atoms with E-state index in [9.17, 15) is 0 Å². The Morgan fingerprint density at radius 1 is 0.536 bits per heavy atom. The first-order valence-corrected chi connectivity index (χ1v) is 21.3. The first-order valence-electron chi connectivity index (χ1n) is 21.3. The van der Waals surface area contributed by atoms with Crippen LogP contribution in [0.15, 0.2) is 83.3 Å². The maximum atomic E-state index is 7.59. The van der Waals surface area contributed by atoms with Gasteiger partial charge in [0.05, 0.1) is 11.3 Å². The minimum atomic E-state index is -0.0703. The van der Waals surface area contributed by atoms with Gasteiger partial charge in [0.1, 0.15) is 5.76 Å². The van der Waals surface area contributed by atoms with Crippen molar-refractivity contribution >= 4 is 57.4 Å². The van der Waals surface area contributed by atoms with Gasteiger partial charge in [-0.25, -0.2) is 0 Å². The monoisotopic (exact) mass is 743 g/mol. The molecular formula is C52H63BN2O. The molecule has 56 heavy (non-hydrogen) atoms. The zero-order valence-electron chi connectivity index (χ0n) is 36.7. The fraction of sp³-hybridized carbons (Fsp3) is 0.462. The molecular weight excluding hydrogens is 679 g/mol. The number of benzene rings is 4. The number of anilines is 6. The molecule has 0 radical (unpaired) electrons. The predicted molar refractivity (Wildman–Crippen MR) is 241 cm³/mol. The highest BCUT2D eigenvalue weighted by molar-refractivity contribution is 6.99. The van der Waals surface area contributed by atoms with Crippen molar-refractivity contribution in [1.82, 2.24) is 0 Å². The molecule has 3 nitrogen and oxygen atoms in total. The Morgan fingerprint density at radius 2 is 1.00 bits per heavy atom. The molecule has 0 spiro atoms. The summed E-state index contributed by atoms with van der Waals surface area (Å²) in [6.45, 7) is 33.3. The van der Waals surface area contributed by atoms with Gasteiger partial charge in [-0.2, -0.15) is 0 Å². The number of hydrogen-bond acceptors (Lipinski definition) is 3. The zero-order chi connectivity index (χ0) is 40.1. The van der Waals surface area contributed by atoms with E-state index < -0.39 is 0 Å². The molecule has 290 valence electrons. The Labute approximate surface area is 338 Å². The number of furan rings is 1. The van der Waals surface area contributed by atoms with Crippen LogP contribution < -0.4 is 26.4 Å². The summed E-state index contributed by atoms with van der Waals surface area (Å²) >= 11 is 0. The van der Waals surface area contributed by atoms with Crippen molar-refractivity contribution in [3.63, 3.8) is 0 Å². The van der Waals surface area contributed by atoms with Crippen LogP contribution in [0, 0.1) is 0 Å². The second-order valence-corrected chi connectivity index (χ2v) is 22.4. The third-order valence-electron chi connectivity index (χ3n) is 14.4. The van der Waals surface area contributed by atoms with E-state index in [4.69, 9.17) is 4.42 Å². The lowest BCUT2D eigenvalue weighted by molar-refractivity contribution is 0.282. The molecule has 0 bridgehead atoms. The number of rotatable bonds is 2. The van der Waals surface area contributed by atoms with E-state index in [0.717, 1.165) is 18.5 Å². The highest BCUT2D eigenvalue weighted by Crippen LogP contribution is 2.55. The van der Waals surface area contributed by atoms with Gasteiger partial charge in [0.15, 0.2) is 0 Å². The minimum absolute atomic E-state index is 0.0373. The Hall–Kier alpha value is -4.18. The lowest BCUT2D eigenvalue weighted by atomic mass is 9.35. The average Bonchev–Trinajstić information content (AvgIpc) is 3.54. The number of hydrogen-bond donors (Lipinski definition) is 0. The minimum Gasteiger partial charge on any atom is -0.472 e. The predicted octanol–water partition coefficient (Wildman–Crippen LogP) is 12.7. The molecule has 2 aliphatic carbocycles. The molecule has 4 heteroatoms. The van der Waals surface area contributed by atoms with Gasteiger partial charge in [-0.1, -0.05) is 133 Å². The van der Waals surface area contributed by atoms with Gasteiger partial charge < -0.3 is 14.2 Å². The van der Waals surface area contributed by atoms with Crippen molar-refractivity contribution < 1.29 is 4.42 Å². The molecule has 0 fully saturated rings. The molecule has 0 saturated heterocycles. The molecule has 4 aromatic carbocycles. The van der Waals surface area contributed by atoms with E-state index in [-0.39, 0.29) is 39.2 Å². The third-order valence-corrected chi connectivity index (χ3v) is 14.4. The Bertz CT molecular complexity index is 2390. The Kier molecular flexibility index (Phi) is 7.82. The van der Waals surface area contributed by atoms with Crippen molar-refractivity contribution in [2.24, 2.45) is 0 Å². The first kappa shape index (κ1) is 37.4. The smallest absolute Gasteiger partial charge is 0.297 e. The average molecular weight is 743 g/mol. The van der Waals surface area contributed by atoms with Crippen LogP contribution in [0.25, 0.3) is 0 Å². The standard InChI is InChI=1S/C52H63BN2O/c1-47(2,3)32-18-22-34(23-19-32)54-39-16-15-17-40-43(39)53(38-30-36-37(31-41(38)54)50(9,10)27-26-49(36,7)8)46-44(42-45(56-46)52(13,14)29-28-51(42,11)12)55(40)35-24-20-33(21-25-35)48(4,5)6/h15-25,30-31H,26-29H2,1-14H3. The molecule has 5 aromatic rings. The molecule has 1 aromatic heterocycles. The lowest BCUT2D eigenvalue weighted by Gasteiger charge is -2.47. The summed E-state index contributed by atoms with van der Waals surface area (Å²) in [6.07, 6.45) is 4.59. The number of nitrogens with zero attached hydrogens (tertiary/aromatic N) is 2. The van der Waals surface area contributed by atoms with Crippen LogP contribution in [0.4, 0.5) is 34.1 Å². The fourth-order valence-electron chi connectivity index (χ4n) is 10.5. The Morgan fingerprint density at radius 3 is 1.54 bits per heavy atom. The zero-order valence-corrected chi connectivity index (χ0v) is 36.7. The molecule has 0 saturated carbocycles. The highest BCUT2D eigenvalue weighted by atomic mass is 16.3. The van der Waals surface area contributed by atoms with Crippen LogP contribution in [0.1, 0.15) is 156 Å². The van der Waals surface area contributed by atoms with Crippen LogP contribution in [-0.4, -0.2) is 6.71 Å². The molecule has 2 aliphatic heterocycles. The van der Waals surface area contributed by atoms with E-state index in [2.05, 4.69) is 186 Å². The van der Waals surface area contributed by atoms with E-state index in [1.54, 1.807) is 0 Å². The molecule has 0 N–H and O–H groups in total. The summed E-state index contributed by atoms with van der Waals surface area (Å²) in [6, 6.07) is 31.0. The second-order valence-electron chi connectivity index (χ2n) is 22.4. The third kappa shape index (κ3) is 5.44. The number of fused-ring (bicyclic) bond motifs is 7. The van der Waals surface area contributed by atoms with E-state index in [0.29, 0.717) is 0 Å². The van der Waals surface area contributed by atoms with Crippen LogP contribution >= 0.6 is 0 Å². The molecule has 9 rings (SSSR count). The van der Waals surface area contributed by atoms with Crippen molar-refractivity contribution in [3.8, 4) is 0 Å². The molecule has 4 aliphatic rings. The van der Waals surface area contributed by atoms with Crippen LogP contribution in [-0.2, 0) is 32.5 Å². The largest absolute Gasteiger partial charge is 0.472 e. The lowest BCUT2D eigenvalue weighted by Crippen LogP contribution is -2.61. The summed E-state index contributed by atoms with van der Waals surface area (Å²) < 4.78 is 7.59. The van der Waals surface area contributed by atoms with Crippen molar-refractivity contribution in [3.05, 3.63) is 112 Å². The second kappa shape index (κ2) is 11.7. The maximum absolute atomic E-state index is 7.59. The Balaban J connectivity index is 1.40. The summed E-state index contributed by atoms with van der Waals surface area (Å²) in [4.78, 5) is 5.16. The first-order chi connectivity index (χ1) is 26.0. The summed E-state index contributed by atoms with van der Waals surface area (Å²) in [5.74, 6) is 1.17. The van der Waals surface area contributed by atoms with Gasteiger partial charge in [0.25, 0.3) is 6.71 Å². The summed E-state index contributed by atoms with van der Waals surface area (Å²) in [5, 5.41) is 0. The van der Waals surface area contributed by atoms with E-state index in [1.165, 1.54) is 91.5 Å². The fourth-order valence-corrected chi connectivity index (χ4v) is 10.5. The van der Waals surface area contributed by atoms with Gasteiger partial charge in [0.2, 0.25) is 0 Å². The van der Waals surface area contributed by atoms with Crippen LogP contribution in [0.5, 0.6) is 0 Å². The van der Waals surface area contributed by atoms with Gasteiger partial charge in [0, 0.05) is 39.4 Å². The SMILES string of the molecule is CC(C)(C)c1ccc(N2c3cc4c(cc3B3c5oc6c(c5N(c5ccc(C(C)(C)C)cc5)c5cccc2c53)C(C)(C)CCC6(C)C)C(C)(C)CCC4(C)C)cc1. The molecule has 0 amide bonds. The molecule has 0 atom stereocenters. The van der Waals surface area contributed by atoms with Crippen LogP contribution in [0.2, 0.25) is 0 Å². The quantitative estimate of drug-likeness (QED) is 0.165. The maximum Gasteiger partial charge on any atom is 0.297 e. The van der Waals surface area contributed by atoms with E-state index >= 15 is 0 Å². The summed E-state index contributed by atoms with van der Waals surface area (Å²) in [5.41, 5.74) is 18.5. The van der Waals surface area contributed by atoms with Crippen molar-refractivity contribution in [2.75, 3.05) is 9.80 Å². The van der Waals surface area contributed by atoms with Gasteiger partial charge in [-0.05, 0) is 128 Å².